The molecule has 0 saturated carbocycles. The lowest BCUT2D eigenvalue weighted by Gasteiger charge is -2.23. The van der Waals surface area contributed by atoms with E-state index in [1.807, 2.05) is 12.4 Å². The fourth-order valence-electron chi connectivity index (χ4n) is 7.23. The van der Waals surface area contributed by atoms with E-state index in [2.05, 4.69) is 30.4 Å². The first-order valence-electron chi connectivity index (χ1n) is 19.9. The Balaban J connectivity index is 1.18. The van der Waals surface area contributed by atoms with E-state index < -0.39 is 0 Å². The quantitative estimate of drug-likeness (QED) is 0.0674. The van der Waals surface area contributed by atoms with Crippen LogP contribution in [0.15, 0.2) is 60.9 Å². The van der Waals surface area contributed by atoms with E-state index >= 15 is 0 Å². The number of phenols is 4. The van der Waals surface area contributed by atoms with Crippen LogP contribution in [-0.4, -0.2) is 117 Å². The number of nitrogens with zero attached hydrogens (tertiary/aromatic N) is 8. The Kier molecular flexibility index (Phi) is 15.3. The molecular weight excluding hydrogens is 833 g/mol. The molecule has 342 valence electrons. The number of aryl methyl sites for hydroxylation is 2. The highest BCUT2D eigenvalue weighted by molar-refractivity contribution is 5.55. The van der Waals surface area contributed by atoms with E-state index in [1.165, 1.54) is 56.9 Å². The maximum Gasteiger partial charge on any atom is 0.200 e. The van der Waals surface area contributed by atoms with Gasteiger partial charge in [-0.2, -0.15) is 0 Å². The van der Waals surface area contributed by atoms with Crippen LogP contribution < -0.4 is 37.9 Å². The first-order valence-corrected chi connectivity index (χ1v) is 19.9. The van der Waals surface area contributed by atoms with Gasteiger partial charge in [0.25, 0.3) is 0 Å². The van der Waals surface area contributed by atoms with Crippen molar-refractivity contribution in [2.24, 2.45) is 0 Å². The summed E-state index contributed by atoms with van der Waals surface area (Å²) in [5, 5.41) is 59.9. The number of methoxy groups -OCH3 is 8. The van der Waals surface area contributed by atoms with E-state index in [4.69, 9.17) is 37.9 Å². The zero-order valence-electron chi connectivity index (χ0n) is 37.1. The molecule has 20 nitrogen and oxygen atoms in total. The Morgan fingerprint density at radius 2 is 0.594 bits per heavy atom. The summed E-state index contributed by atoms with van der Waals surface area (Å²) >= 11 is 0. The van der Waals surface area contributed by atoms with Gasteiger partial charge in [-0.25, -0.2) is 0 Å². The van der Waals surface area contributed by atoms with Crippen LogP contribution in [0.1, 0.15) is 33.6 Å². The van der Waals surface area contributed by atoms with Gasteiger partial charge in [0, 0.05) is 51.7 Å². The van der Waals surface area contributed by atoms with E-state index in [0.29, 0.717) is 63.7 Å². The van der Waals surface area contributed by atoms with Gasteiger partial charge < -0.3 is 58.3 Å². The van der Waals surface area contributed by atoms with Gasteiger partial charge in [-0.1, -0.05) is 10.4 Å². The molecule has 4 aromatic carbocycles. The second-order valence-corrected chi connectivity index (χ2v) is 14.6. The molecule has 0 aliphatic heterocycles. The predicted octanol–water partition coefficient (Wildman–Crippen LogP) is 4.87. The molecule has 0 bridgehead atoms. The number of hydrogen-bond acceptors (Lipinski definition) is 18. The molecule has 0 spiro atoms. The lowest BCUT2D eigenvalue weighted by atomic mass is 10.1. The standard InChI is InChI=1S/C44H54N8O12/c1-57-33-11-27(12-34(58-2)41(33)53)19-49(20-28-13-35(59-3)42(54)36(14-28)60-4)23-31-25-51(47-45-31)9-10-52-26-32(46-48-52)24-50(21-29-15-37(61-5)43(55)38(16-29)62-6)22-30-17-39(63-7)44(56)40(18-30)64-8/h11-18,25-26,53-56H,9-10,19-24H2,1-8H3. The number of ether oxygens (including phenoxy) is 8. The van der Waals surface area contributed by atoms with Crippen LogP contribution in [0.3, 0.4) is 0 Å². The third-order valence-corrected chi connectivity index (χ3v) is 10.3. The lowest BCUT2D eigenvalue weighted by Crippen LogP contribution is -2.23. The summed E-state index contributed by atoms with van der Waals surface area (Å²) < 4.78 is 46.8. The summed E-state index contributed by atoms with van der Waals surface area (Å²) in [5.41, 5.74) is 4.61. The van der Waals surface area contributed by atoms with Crippen LogP contribution in [-0.2, 0) is 52.4 Å². The van der Waals surface area contributed by atoms with Gasteiger partial charge in [0.2, 0.25) is 23.0 Å². The van der Waals surface area contributed by atoms with Gasteiger partial charge in [0.1, 0.15) is 0 Å². The molecule has 64 heavy (non-hydrogen) atoms. The van der Waals surface area contributed by atoms with Crippen LogP contribution in [0.5, 0.6) is 69.0 Å². The van der Waals surface area contributed by atoms with Crippen LogP contribution >= 0.6 is 0 Å². The average molecular weight is 887 g/mol. The molecular formula is C44H54N8O12. The molecule has 0 unspecified atom stereocenters. The highest BCUT2D eigenvalue weighted by atomic mass is 16.5. The Bertz CT molecular complexity index is 2110. The van der Waals surface area contributed by atoms with Gasteiger partial charge in [0.15, 0.2) is 46.0 Å². The third-order valence-electron chi connectivity index (χ3n) is 10.3. The number of phenolic OH excluding ortho intramolecular Hbond substituents is 4. The topological polar surface area (TPSA) is 223 Å². The molecule has 0 radical (unpaired) electrons. The summed E-state index contributed by atoms with van der Waals surface area (Å²) in [6.45, 7) is 3.21. The fraction of sp³-hybridized carbons (Fsp3) is 0.364. The van der Waals surface area contributed by atoms with Gasteiger partial charge in [-0.3, -0.25) is 19.2 Å². The molecule has 0 saturated heterocycles. The fourth-order valence-corrected chi connectivity index (χ4v) is 7.23. The van der Waals surface area contributed by atoms with E-state index in [0.717, 1.165) is 22.3 Å². The van der Waals surface area contributed by atoms with Crippen LogP contribution in [0.4, 0.5) is 0 Å². The highest BCUT2D eigenvalue weighted by Gasteiger charge is 2.21. The Hall–Kier alpha value is -7.32. The van der Waals surface area contributed by atoms with E-state index in [9.17, 15) is 20.4 Å². The minimum atomic E-state index is -0.0968. The van der Waals surface area contributed by atoms with Crippen LogP contribution in [0.2, 0.25) is 0 Å². The largest absolute Gasteiger partial charge is 0.502 e. The molecule has 0 aliphatic rings. The molecule has 20 heteroatoms. The molecule has 0 fully saturated rings. The van der Waals surface area contributed by atoms with Crippen molar-refractivity contribution in [1.29, 1.82) is 0 Å². The number of hydrogen-bond donors (Lipinski definition) is 4. The first-order chi connectivity index (χ1) is 30.9. The second-order valence-electron chi connectivity index (χ2n) is 14.6. The second kappa shape index (κ2) is 21.2. The minimum Gasteiger partial charge on any atom is -0.502 e. The van der Waals surface area contributed by atoms with Crippen molar-refractivity contribution in [2.45, 2.75) is 52.4 Å². The van der Waals surface area contributed by atoms with E-state index in [1.54, 1.807) is 57.9 Å². The Morgan fingerprint density at radius 1 is 0.375 bits per heavy atom. The summed E-state index contributed by atoms with van der Waals surface area (Å²) in [5.74, 6) is 1.79. The summed E-state index contributed by atoms with van der Waals surface area (Å²) in [4.78, 5) is 4.21. The normalized spacial score (nSPS) is 11.2. The zero-order chi connectivity index (χ0) is 45.9. The summed E-state index contributed by atoms with van der Waals surface area (Å²) in [6.07, 6.45) is 3.73. The lowest BCUT2D eigenvalue weighted by molar-refractivity contribution is 0.242. The van der Waals surface area contributed by atoms with Gasteiger partial charge in [-0.05, 0) is 70.8 Å². The first kappa shape index (κ1) is 46.2. The molecule has 2 heterocycles. The van der Waals surface area contributed by atoms with Crippen LogP contribution in [0, 0.1) is 0 Å². The van der Waals surface area contributed by atoms with Crippen molar-refractivity contribution in [3.05, 3.63) is 94.6 Å². The molecule has 6 rings (SSSR count). The van der Waals surface area contributed by atoms with Crippen molar-refractivity contribution in [3.63, 3.8) is 0 Å². The summed E-state index contributed by atoms with van der Waals surface area (Å²) in [6, 6.07) is 14.0. The zero-order valence-corrected chi connectivity index (χ0v) is 37.1. The van der Waals surface area contributed by atoms with Crippen molar-refractivity contribution in [2.75, 3.05) is 56.9 Å². The maximum absolute atomic E-state index is 10.5. The molecule has 0 amide bonds. The Labute approximate surface area is 370 Å². The summed E-state index contributed by atoms with van der Waals surface area (Å²) in [7, 11) is 11.8. The smallest absolute Gasteiger partial charge is 0.200 e. The van der Waals surface area contributed by atoms with Crippen molar-refractivity contribution in [3.8, 4) is 69.0 Å². The monoisotopic (exact) mass is 886 g/mol. The maximum atomic E-state index is 10.5. The number of aromatic nitrogens is 6. The van der Waals surface area contributed by atoms with Gasteiger partial charge in [-0.15, -0.1) is 10.2 Å². The third kappa shape index (κ3) is 11.0. The average Bonchev–Trinajstić information content (AvgIpc) is 3.96. The van der Waals surface area contributed by atoms with Gasteiger partial charge in [0.05, 0.1) is 81.4 Å². The van der Waals surface area contributed by atoms with Gasteiger partial charge >= 0.3 is 0 Å². The SMILES string of the molecule is COc1cc(CN(Cc2cc(OC)c(O)c(OC)c2)Cc2cn(CCn3cc(CN(Cc4cc(OC)c(O)c(OC)c4)Cc4cc(OC)c(O)c(OC)c4)nn3)nn2)cc(OC)c1O. The molecule has 4 N–H and O–H groups in total. The van der Waals surface area contributed by atoms with Crippen molar-refractivity contribution >= 4 is 0 Å². The molecule has 6 aromatic rings. The Morgan fingerprint density at radius 3 is 0.797 bits per heavy atom. The molecule has 0 atom stereocenters. The van der Waals surface area contributed by atoms with Crippen molar-refractivity contribution < 1.29 is 58.3 Å². The molecule has 0 aliphatic carbocycles. The predicted molar refractivity (Wildman–Crippen MR) is 231 cm³/mol. The number of benzene rings is 4. The van der Waals surface area contributed by atoms with Crippen molar-refractivity contribution in [1.82, 2.24) is 39.8 Å². The number of rotatable bonds is 23. The van der Waals surface area contributed by atoms with Crippen LogP contribution in [0.25, 0.3) is 0 Å². The van der Waals surface area contributed by atoms with E-state index in [-0.39, 0.29) is 69.0 Å². The molecule has 2 aromatic heterocycles. The highest BCUT2D eigenvalue weighted by Crippen LogP contribution is 2.41. The minimum absolute atomic E-state index is 0.0968. The number of aromatic hydroxyl groups is 4.